The van der Waals surface area contributed by atoms with Crippen molar-refractivity contribution in [1.29, 1.82) is 0 Å². The van der Waals surface area contributed by atoms with Gasteiger partial charge in [-0.05, 0) is 49.9 Å². The van der Waals surface area contributed by atoms with E-state index >= 15 is 0 Å². The molecule has 1 fully saturated rings. The summed E-state index contributed by atoms with van der Waals surface area (Å²) < 4.78 is 18.4. The van der Waals surface area contributed by atoms with Gasteiger partial charge in [-0.2, -0.15) is 0 Å². The van der Waals surface area contributed by atoms with Gasteiger partial charge in [0.05, 0.1) is 5.60 Å². The molecular weight excluding hydrogens is 233 g/mol. The molecule has 0 unspecified atom stereocenters. The van der Waals surface area contributed by atoms with Crippen LogP contribution in [0.15, 0.2) is 18.2 Å². The Morgan fingerprint density at radius 3 is 2.72 bits per heavy atom. The number of aryl methyl sites for hydroxylation is 1. The SMILES string of the molecule is COC1(CNC(=O)c2ccc(F)cc2C)CCC1. The molecule has 1 aliphatic rings. The molecule has 1 aromatic carbocycles. The molecule has 1 amide bonds. The summed E-state index contributed by atoms with van der Waals surface area (Å²) in [6.45, 7) is 2.24. The number of amides is 1. The van der Waals surface area contributed by atoms with Crippen LogP contribution in [-0.2, 0) is 4.74 Å². The zero-order valence-electron chi connectivity index (χ0n) is 10.8. The zero-order valence-corrected chi connectivity index (χ0v) is 10.8. The van der Waals surface area contributed by atoms with Gasteiger partial charge in [0, 0.05) is 19.2 Å². The lowest BCUT2D eigenvalue weighted by Gasteiger charge is -2.40. The summed E-state index contributed by atoms with van der Waals surface area (Å²) in [5.74, 6) is -0.493. The summed E-state index contributed by atoms with van der Waals surface area (Å²) in [7, 11) is 1.68. The van der Waals surface area contributed by atoms with Crippen LogP contribution in [-0.4, -0.2) is 25.2 Å². The molecule has 0 radical (unpaired) electrons. The molecule has 0 aromatic heterocycles. The summed E-state index contributed by atoms with van der Waals surface area (Å²) in [5, 5.41) is 2.87. The molecular formula is C14H18FNO2. The Labute approximate surface area is 106 Å². The van der Waals surface area contributed by atoms with Gasteiger partial charge in [0.25, 0.3) is 5.91 Å². The quantitative estimate of drug-likeness (QED) is 0.892. The van der Waals surface area contributed by atoms with Gasteiger partial charge in [-0.15, -0.1) is 0 Å². The molecule has 0 saturated heterocycles. The van der Waals surface area contributed by atoms with Gasteiger partial charge in [0.2, 0.25) is 0 Å². The van der Waals surface area contributed by atoms with Gasteiger partial charge in [0.15, 0.2) is 0 Å². The summed E-state index contributed by atoms with van der Waals surface area (Å²) in [4.78, 5) is 12.0. The molecule has 98 valence electrons. The molecule has 1 N–H and O–H groups in total. The Morgan fingerprint density at radius 2 is 2.22 bits per heavy atom. The summed E-state index contributed by atoms with van der Waals surface area (Å²) in [6.07, 6.45) is 3.09. The predicted molar refractivity (Wildman–Crippen MR) is 67.1 cm³/mol. The number of ether oxygens (including phenoxy) is 1. The van der Waals surface area contributed by atoms with Crippen LogP contribution in [0.2, 0.25) is 0 Å². The average Bonchev–Trinajstić information content (AvgIpc) is 2.27. The molecule has 1 aliphatic carbocycles. The average molecular weight is 251 g/mol. The second-order valence-corrected chi connectivity index (χ2v) is 4.88. The second kappa shape index (κ2) is 5.06. The van der Waals surface area contributed by atoms with Crippen LogP contribution in [0.3, 0.4) is 0 Å². The highest BCUT2D eigenvalue weighted by Crippen LogP contribution is 2.34. The van der Waals surface area contributed by atoms with Crippen molar-refractivity contribution < 1.29 is 13.9 Å². The monoisotopic (exact) mass is 251 g/mol. The molecule has 0 bridgehead atoms. The van der Waals surface area contributed by atoms with Crippen molar-refractivity contribution in [2.24, 2.45) is 0 Å². The Morgan fingerprint density at radius 1 is 1.50 bits per heavy atom. The van der Waals surface area contributed by atoms with E-state index < -0.39 is 0 Å². The standard InChI is InChI=1S/C14H18FNO2/c1-10-8-11(15)4-5-12(10)13(17)16-9-14(18-2)6-3-7-14/h4-5,8H,3,6-7,9H2,1-2H3,(H,16,17). The van der Waals surface area contributed by atoms with Crippen molar-refractivity contribution in [2.45, 2.75) is 31.8 Å². The molecule has 0 aliphatic heterocycles. The second-order valence-electron chi connectivity index (χ2n) is 4.88. The van der Waals surface area contributed by atoms with Crippen LogP contribution < -0.4 is 5.32 Å². The van der Waals surface area contributed by atoms with Crippen LogP contribution in [0, 0.1) is 12.7 Å². The molecule has 3 nitrogen and oxygen atoms in total. The summed E-state index contributed by atoms with van der Waals surface area (Å²) >= 11 is 0. The van der Waals surface area contributed by atoms with Gasteiger partial charge < -0.3 is 10.1 Å². The summed E-state index contributed by atoms with van der Waals surface area (Å²) in [5.41, 5.74) is 0.971. The molecule has 2 rings (SSSR count). The third-order valence-corrected chi connectivity index (χ3v) is 3.70. The maximum Gasteiger partial charge on any atom is 0.251 e. The number of nitrogens with one attached hydrogen (secondary N) is 1. The number of methoxy groups -OCH3 is 1. The van der Waals surface area contributed by atoms with E-state index in [0.29, 0.717) is 17.7 Å². The Kier molecular flexibility index (Phi) is 3.66. The van der Waals surface area contributed by atoms with E-state index in [0.717, 1.165) is 19.3 Å². The maximum absolute atomic E-state index is 13.0. The minimum atomic E-state index is -0.323. The molecule has 18 heavy (non-hydrogen) atoms. The molecule has 1 saturated carbocycles. The zero-order chi connectivity index (χ0) is 13.2. The van der Waals surface area contributed by atoms with Crippen molar-refractivity contribution in [3.8, 4) is 0 Å². The summed E-state index contributed by atoms with van der Waals surface area (Å²) in [6, 6.07) is 4.18. The fourth-order valence-electron chi connectivity index (χ4n) is 2.24. The highest BCUT2D eigenvalue weighted by Gasteiger charge is 2.37. The largest absolute Gasteiger partial charge is 0.376 e. The molecule has 0 heterocycles. The highest BCUT2D eigenvalue weighted by molar-refractivity contribution is 5.95. The first-order chi connectivity index (χ1) is 8.56. The van der Waals surface area contributed by atoms with Crippen LogP contribution in [0.25, 0.3) is 0 Å². The van der Waals surface area contributed by atoms with Crippen LogP contribution >= 0.6 is 0 Å². The number of halogens is 1. The lowest BCUT2D eigenvalue weighted by molar-refractivity contribution is -0.0679. The van der Waals surface area contributed by atoms with Gasteiger partial charge in [-0.1, -0.05) is 0 Å². The van der Waals surface area contributed by atoms with Gasteiger partial charge >= 0.3 is 0 Å². The minimum Gasteiger partial charge on any atom is -0.376 e. The Balaban J connectivity index is 1.99. The van der Waals surface area contributed by atoms with E-state index in [1.54, 1.807) is 14.0 Å². The number of benzene rings is 1. The van der Waals surface area contributed by atoms with Crippen molar-refractivity contribution in [2.75, 3.05) is 13.7 Å². The first-order valence-corrected chi connectivity index (χ1v) is 6.16. The third-order valence-electron chi connectivity index (χ3n) is 3.70. The molecule has 0 spiro atoms. The van der Waals surface area contributed by atoms with Gasteiger partial charge in [-0.3, -0.25) is 4.79 Å². The lowest BCUT2D eigenvalue weighted by atomic mass is 9.80. The van der Waals surface area contributed by atoms with Crippen molar-refractivity contribution in [3.63, 3.8) is 0 Å². The van der Waals surface area contributed by atoms with Crippen molar-refractivity contribution in [3.05, 3.63) is 35.1 Å². The normalized spacial score (nSPS) is 17.1. The van der Waals surface area contributed by atoms with E-state index in [-0.39, 0.29) is 17.3 Å². The number of carbonyl (C=O) groups is 1. The van der Waals surface area contributed by atoms with Crippen LogP contribution in [0.4, 0.5) is 4.39 Å². The minimum absolute atomic E-state index is 0.171. The topological polar surface area (TPSA) is 38.3 Å². The van der Waals surface area contributed by atoms with Crippen LogP contribution in [0.5, 0.6) is 0 Å². The number of rotatable bonds is 4. The number of hydrogen-bond acceptors (Lipinski definition) is 2. The smallest absolute Gasteiger partial charge is 0.251 e. The van der Waals surface area contributed by atoms with E-state index in [1.165, 1.54) is 18.2 Å². The lowest BCUT2D eigenvalue weighted by Crippen LogP contribution is -2.49. The van der Waals surface area contributed by atoms with E-state index in [1.807, 2.05) is 0 Å². The maximum atomic E-state index is 13.0. The molecule has 0 atom stereocenters. The fourth-order valence-corrected chi connectivity index (χ4v) is 2.24. The fraction of sp³-hybridized carbons (Fsp3) is 0.500. The van der Waals surface area contributed by atoms with E-state index in [2.05, 4.69) is 5.32 Å². The molecule has 4 heteroatoms. The third kappa shape index (κ3) is 2.53. The predicted octanol–water partition coefficient (Wildman–Crippen LogP) is 2.43. The Bertz CT molecular complexity index is 450. The number of hydrogen-bond donors (Lipinski definition) is 1. The van der Waals surface area contributed by atoms with Crippen molar-refractivity contribution in [1.82, 2.24) is 5.32 Å². The van der Waals surface area contributed by atoms with E-state index in [9.17, 15) is 9.18 Å². The Hall–Kier alpha value is -1.42. The highest BCUT2D eigenvalue weighted by atomic mass is 19.1. The molecule has 1 aromatic rings. The first-order valence-electron chi connectivity index (χ1n) is 6.16. The van der Waals surface area contributed by atoms with Crippen LogP contribution in [0.1, 0.15) is 35.2 Å². The van der Waals surface area contributed by atoms with Crippen molar-refractivity contribution >= 4 is 5.91 Å². The van der Waals surface area contributed by atoms with E-state index in [4.69, 9.17) is 4.74 Å². The van der Waals surface area contributed by atoms with Gasteiger partial charge in [-0.25, -0.2) is 4.39 Å². The number of carbonyl (C=O) groups excluding carboxylic acids is 1. The van der Waals surface area contributed by atoms with Gasteiger partial charge in [0.1, 0.15) is 5.82 Å². The first kappa shape index (κ1) is 13.0.